The van der Waals surface area contributed by atoms with Crippen molar-refractivity contribution in [1.29, 1.82) is 0 Å². The molecule has 1 aliphatic carbocycles. The Balaban J connectivity index is 1.81. The molecule has 19 heavy (non-hydrogen) atoms. The molecular formula is C13H23N3O3. The summed E-state index contributed by atoms with van der Waals surface area (Å²) in [7, 11) is 0. The molecule has 0 atom stereocenters. The van der Waals surface area contributed by atoms with Gasteiger partial charge in [0.1, 0.15) is 0 Å². The van der Waals surface area contributed by atoms with Crippen LogP contribution >= 0.6 is 0 Å². The van der Waals surface area contributed by atoms with Crippen molar-refractivity contribution in [3.05, 3.63) is 0 Å². The Bertz CT molecular complexity index is 355. The van der Waals surface area contributed by atoms with Crippen LogP contribution in [0.2, 0.25) is 0 Å². The van der Waals surface area contributed by atoms with Crippen LogP contribution in [0, 0.1) is 0 Å². The van der Waals surface area contributed by atoms with Crippen molar-refractivity contribution in [2.75, 3.05) is 32.7 Å². The van der Waals surface area contributed by atoms with Gasteiger partial charge in [0.05, 0.1) is 6.54 Å². The van der Waals surface area contributed by atoms with Gasteiger partial charge in [-0.05, 0) is 25.7 Å². The summed E-state index contributed by atoms with van der Waals surface area (Å²) >= 11 is 0. The van der Waals surface area contributed by atoms with Gasteiger partial charge in [-0.15, -0.1) is 0 Å². The summed E-state index contributed by atoms with van der Waals surface area (Å²) in [6.07, 6.45) is 4.27. The van der Waals surface area contributed by atoms with E-state index in [2.05, 4.69) is 0 Å². The normalized spacial score (nSPS) is 23.5. The van der Waals surface area contributed by atoms with Crippen LogP contribution in [-0.4, -0.2) is 65.0 Å². The molecule has 0 radical (unpaired) electrons. The van der Waals surface area contributed by atoms with Crippen LogP contribution in [0.3, 0.4) is 0 Å². The predicted octanol–water partition coefficient (Wildman–Crippen LogP) is -0.123. The van der Waals surface area contributed by atoms with Crippen LogP contribution in [0.1, 0.15) is 32.1 Å². The predicted molar refractivity (Wildman–Crippen MR) is 70.7 cm³/mol. The third-order valence-corrected chi connectivity index (χ3v) is 4.15. The molecule has 6 nitrogen and oxygen atoms in total. The highest BCUT2D eigenvalue weighted by atomic mass is 16.4. The third kappa shape index (κ3) is 3.91. The van der Waals surface area contributed by atoms with Crippen LogP contribution in [0.5, 0.6) is 0 Å². The Hall–Kier alpha value is -1.14. The third-order valence-electron chi connectivity index (χ3n) is 4.15. The molecular weight excluding hydrogens is 246 g/mol. The zero-order valence-corrected chi connectivity index (χ0v) is 11.3. The standard InChI is InChI=1S/C13H23N3O3/c14-13(3-1-4-13)9-11(17)16-6-2-5-15(7-8-16)10-12(18)19/h1-10,14H2,(H,18,19). The summed E-state index contributed by atoms with van der Waals surface area (Å²) in [5.74, 6) is -0.686. The Kier molecular flexibility index (Phi) is 4.42. The SMILES string of the molecule is NC1(CC(=O)N2CCCN(CC(=O)O)CC2)CCC1. The molecule has 1 aliphatic heterocycles. The number of nitrogens with zero attached hydrogens (tertiary/aromatic N) is 2. The highest BCUT2D eigenvalue weighted by Gasteiger charge is 2.36. The Morgan fingerprint density at radius 2 is 1.84 bits per heavy atom. The van der Waals surface area contributed by atoms with Crippen molar-refractivity contribution in [2.24, 2.45) is 5.73 Å². The molecule has 0 spiro atoms. The van der Waals surface area contributed by atoms with E-state index in [4.69, 9.17) is 10.8 Å². The minimum atomic E-state index is -0.810. The quantitative estimate of drug-likeness (QED) is 0.743. The molecule has 6 heteroatoms. The maximum atomic E-state index is 12.2. The number of aliphatic carboxylic acids is 1. The van der Waals surface area contributed by atoms with E-state index >= 15 is 0 Å². The average molecular weight is 269 g/mol. The van der Waals surface area contributed by atoms with E-state index in [9.17, 15) is 9.59 Å². The van der Waals surface area contributed by atoms with Crippen LogP contribution in [0.25, 0.3) is 0 Å². The van der Waals surface area contributed by atoms with Crippen molar-refractivity contribution in [1.82, 2.24) is 9.80 Å². The van der Waals surface area contributed by atoms with Gasteiger partial charge in [-0.3, -0.25) is 14.5 Å². The highest BCUT2D eigenvalue weighted by molar-refractivity contribution is 5.77. The van der Waals surface area contributed by atoms with Crippen molar-refractivity contribution >= 4 is 11.9 Å². The monoisotopic (exact) mass is 269 g/mol. The summed E-state index contributed by atoms with van der Waals surface area (Å²) in [5.41, 5.74) is 5.83. The topological polar surface area (TPSA) is 86.9 Å². The van der Waals surface area contributed by atoms with E-state index in [-0.39, 0.29) is 18.0 Å². The van der Waals surface area contributed by atoms with Crippen molar-refractivity contribution in [3.8, 4) is 0 Å². The second kappa shape index (κ2) is 5.88. The van der Waals surface area contributed by atoms with Crippen molar-refractivity contribution < 1.29 is 14.7 Å². The van der Waals surface area contributed by atoms with Crippen molar-refractivity contribution in [2.45, 2.75) is 37.6 Å². The minimum Gasteiger partial charge on any atom is -0.480 e. The van der Waals surface area contributed by atoms with Gasteiger partial charge in [0.25, 0.3) is 0 Å². The number of hydrogen-bond acceptors (Lipinski definition) is 4. The largest absolute Gasteiger partial charge is 0.480 e. The molecule has 1 saturated carbocycles. The van der Waals surface area contributed by atoms with Gasteiger partial charge >= 0.3 is 5.97 Å². The molecule has 108 valence electrons. The molecule has 2 fully saturated rings. The van der Waals surface area contributed by atoms with Crippen LogP contribution in [0.15, 0.2) is 0 Å². The van der Waals surface area contributed by atoms with Gasteiger partial charge in [-0.1, -0.05) is 0 Å². The number of hydrogen-bond donors (Lipinski definition) is 2. The fourth-order valence-electron chi connectivity index (χ4n) is 2.79. The number of rotatable bonds is 4. The zero-order chi connectivity index (χ0) is 13.9. The van der Waals surface area contributed by atoms with Gasteiger partial charge in [0.15, 0.2) is 0 Å². The number of amides is 1. The summed E-state index contributed by atoms with van der Waals surface area (Å²) in [6, 6.07) is 0. The van der Waals surface area contributed by atoms with Gasteiger partial charge in [-0.25, -0.2) is 0 Å². The first-order valence-corrected chi connectivity index (χ1v) is 6.99. The van der Waals surface area contributed by atoms with E-state index in [1.807, 2.05) is 9.80 Å². The molecule has 0 unspecified atom stereocenters. The first-order chi connectivity index (χ1) is 8.98. The Labute approximate surface area is 113 Å². The molecule has 1 saturated heterocycles. The van der Waals surface area contributed by atoms with Crippen LogP contribution in [0.4, 0.5) is 0 Å². The molecule has 0 aromatic heterocycles. The number of carboxylic acids is 1. The molecule has 0 aromatic carbocycles. The lowest BCUT2D eigenvalue weighted by Gasteiger charge is -2.38. The molecule has 0 bridgehead atoms. The molecule has 2 aliphatic rings. The van der Waals surface area contributed by atoms with Gasteiger partial charge in [0.2, 0.25) is 5.91 Å². The first-order valence-electron chi connectivity index (χ1n) is 6.99. The van der Waals surface area contributed by atoms with Gasteiger partial charge in [0, 0.05) is 38.1 Å². The number of carbonyl (C=O) groups is 2. The van der Waals surface area contributed by atoms with E-state index in [1.165, 1.54) is 0 Å². The second-order valence-corrected chi connectivity index (χ2v) is 5.80. The Morgan fingerprint density at radius 3 is 2.42 bits per heavy atom. The lowest BCUT2D eigenvalue weighted by molar-refractivity contribution is -0.138. The highest BCUT2D eigenvalue weighted by Crippen LogP contribution is 2.32. The van der Waals surface area contributed by atoms with E-state index in [1.54, 1.807) is 0 Å². The van der Waals surface area contributed by atoms with Gasteiger partial charge < -0.3 is 15.7 Å². The van der Waals surface area contributed by atoms with E-state index < -0.39 is 5.97 Å². The van der Waals surface area contributed by atoms with Crippen LogP contribution in [-0.2, 0) is 9.59 Å². The van der Waals surface area contributed by atoms with Gasteiger partial charge in [-0.2, -0.15) is 0 Å². The molecule has 1 heterocycles. The zero-order valence-electron chi connectivity index (χ0n) is 11.3. The number of carbonyl (C=O) groups excluding carboxylic acids is 1. The smallest absolute Gasteiger partial charge is 0.317 e. The lowest BCUT2D eigenvalue weighted by Crippen LogP contribution is -2.51. The van der Waals surface area contributed by atoms with Crippen LogP contribution < -0.4 is 5.73 Å². The average Bonchev–Trinajstić information content (AvgIpc) is 2.52. The molecule has 0 aromatic rings. The summed E-state index contributed by atoms with van der Waals surface area (Å²) in [5, 5.41) is 8.79. The number of nitrogens with two attached hydrogens (primary N) is 1. The summed E-state index contributed by atoms with van der Waals surface area (Å²) < 4.78 is 0. The van der Waals surface area contributed by atoms with E-state index in [0.717, 1.165) is 32.2 Å². The molecule has 2 rings (SSSR count). The fourth-order valence-corrected chi connectivity index (χ4v) is 2.79. The fraction of sp³-hybridized carbons (Fsp3) is 0.846. The first kappa shape index (κ1) is 14.3. The lowest BCUT2D eigenvalue weighted by atomic mass is 9.75. The maximum absolute atomic E-state index is 12.2. The van der Waals surface area contributed by atoms with E-state index in [0.29, 0.717) is 26.1 Å². The molecule has 3 N–H and O–H groups in total. The minimum absolute atomic E-state index is 0.0584. The summed E-state index contributed by atoms with van der Waals surface area (Å²) in [6.45, 7) is 2.76. The second-order valence-electron chi connectivity index (χ2n) is 5.80. The maximum Gasteiger partial charge on any atom is 0.317 e. The molecule has 1 amide bonds. The Morgan fingerprint density at radius 1 is 1.11 bits per heavy atom. The number of carboxylic acid groups (broad SMARTS) is 1. The van der Waals surface area contributed by atoms with Crippen molar-refractivity contribution in [3.63, 3.8) is 0 Å². The summed E-state index contributed by atoms with van der Waals surface area (Å²) in [4.78, 5) is 26.6.